The molecule has 2 aromatic carbocycles. The Balaban J connectivity index is 1.36. The number of methoxy groups -OCH3 is 1. The number of hydrogen-bond acceptors (Lipinski definition) is 8. The van der Waals surface area contributed by atoms with E-state index in [1.54, 1.807) is 26.0 Å². The van der Waals surface area contributed by atoms with Crippen LogP contribution in [0.3, 0.4) is 0 Å². The van der Waals surface area contributed by atoms with E-state index in [1.165, 1.54) is 20.0 Å². The number of amides is 1. The standard InChI is InChI=1S/C37H48N4O6S/c1-5-6-14-34-38-37(19-10-7-11-20-37)36(42)40(34)22-29-17-18-31(30(21-29)24-46-23-28-15-16-28)32-12-8-9-13-33(32)48(43,44)41(25-45-4)35-26(2)27(3)47-39-35/h8-9,12-13,17-18,21,28H,5-7,10-11,14-16,19-20,22-25H2,1-4H3. The van der Waals surface area contributed by atoms with Crippen LogP contribution >= 0.6 is 0 Å². The first kappa shape index (κ1) is 34.3. The van der Waals surface area contributed by atoms with Gasteiger partial charge in [-0.1, -0.05) is 74.2 Å². The van der Waals surface area contributed by atoms with Crippen molar-refractivity contribution in [1.82, 2.24) is 10.1 Å². The van der Waals surface area contributed by atoms with Gasteiger partial charge in [-0.2, -0.15) is 0 Å². The summed E-state index contributed by atoms with van der Waals surface area (Å²) in [6.07, 6.45) is 9.98. The Kier molecular flexibility index (Phi) is 10.4. The van der Waals surface area contributed by atoms with Crippen molar-refractivity contribution in [2.24, 2.45) is 10.9 Å². The van der Waals surface area contributed by atoms with E-state index in [0.29, 0.717) is 42.6 Å². The van der Waals surface area contributed by atoms with Gasteiger partial charge in [0.05, 0.1) is 18.0 Å². The van der Waals surface area contributed by atoms with Gasteiger partial charge in [-0.3, -0.25) is 14.7 Å². The molecule has 10 nitrogen and oxygen atoms in total. The lowest BCUT2D eigenvalue weighted by molar-refractivity contribution is -0.132. The predicted octanol–water partition coefficient (Wildman–Crippen LogP) is 7.32. The van der Waals surface area contributed by atoms with Crippen molar-refractivity contribution in [3.05, 3.63) is 64.9 Å². The summed E-state index contributed by atoms with van der Waals surface area (Å²) in [5.41, 5.74) is 3.16. The summed E-state index contributed by atoms with van der Waals surface area (Å²) >= 11 is 0. The number of anilines is 1. The van der Waals surface area contributed by atoms with Crippen molar-refractivity contribution in [3.8, 4) is 11.1 Å². The second-order valence-corrected chi connectivity index (χ2v) is 15.4. The minimum Gasteiger partial charge on any atom is -0.376 e. The van der Waals surface area contributed by atoms with E-state index >= 15 is 0 Å². The molecule has 1 aliphatic heterocycles. The van der Waals surface area contributed by atoms with Crippen LogP contribution in [-0.2, 0) is 37.4 Å². The van der Waals surface area contributed by atoms with Gasteiger partial charge in [0, 0.05) is 31.3 Å². The third-order valence-corrected chi connectivity index (χ3v) is 11.7. The lowest BCUT2D eigenvalue weighted by Crippen LogP contribution is -2.43. The molecular formula is C37H48N4O6S. The number of sulfonamides is 1. The fourth-order valence-corrected chi connectivity index (χ4v) is 8.42. The molecular weight excluding hydrogens is 628 g/mol. The molecule has 0 N–H and O–H groups in total. The van der Waals surface area contributed by atoms with Crippen LogP contribution in [0.25, 0.3) is 11.1 Å². The van der Waals surface area contributed by atoms with Crippen LogP contribution in [0.4, 0.5) is 5.82 Å². The van der Waals surface area contributed by atoms with Crippen LogP contribution < -0.4 is 4.31 Å². The number of hydrogen-bond donors (Lipinski definition) is 0. The highest BCUT2D eigenvalue weighted by Gasteiger charge is 2.48. The number of unbranched alkanes of at least 4 members (excludes halogenated alkanes) is 1. The quantitative estimate of drug-likeness (QED) is 0.155. The van der Waals surface area contributed by atoms with Crippen molar-refractivity contribution in [2.75, 3.05) is 24.8 Å². The topological polar surface area (TPSA) is 115 Å². The number of rotatable bonds is 15. The average molecular weight is 677 g/mol. The van der Waals surface area contributed by atoms with Crippen molar-refractivity contribution >= 4 is 27.6 Å². The zero-order valence-electron chi connectivity index (χ0n) is 28.7. The molecule has 2 aliphatic carbocycles. The number of carbonyl (C=O) groups excluding carboxylic acids is 1. The molecule has 0 unspecified atom stereocenters. The molecule has 1 amide bonds. The summed E-state index contributed by atoms with van der Waals surface area (Å²) in [6, 6.07) is 13.0. The molecule has 6 rings (SSSR count). The summed E-state index contributed by atoms with van der Waals surface area (Å²) in [6.45, 7) is 6.86. The SMILES string of the molecule is CCCCC1=NC2(CCCCC2)C(=O)N1Cc1ccc(-c2ccccc2S(=O)(=O)N(COC)c2noc(C)c2C)c(COCC2CC2)c1. The number of ether oxygens (including phenoxy) is 2. The molecule has 1 aromatic heterocycles. The molecule has 2 fully saturated rings. The maximum atomic E-state index is 14.4. The van der Waals surface area contributed by atoms with Crippen LogP contribution in [0.1, 0.15) is 93.6 Å². The van der Waals surface area contributed by atoms with E-state index in [-0.39, 0.29) is 23.4 Å². The van der Waals surface area contributed by atoms with E-state index < -0.39 is 15.6 Å². The average Bonchev–Trinajstić information content (AvgIpc) is 3.82. The van der Waals surface area contributed by atoms with Gasteiger partial charge in [0.2, 0.25) is 0 Å². The molecule has 0 atom stereocenters. The monoisotopic (exact) mass is 676 g/mol. The summed E-state index contributed by atoms with van der Waals surface area (Å²) in [7, 11) is -2.69. The van der Waals surface area contributed by atoms with Crippen LogP contribution in [0.2, 0.25) is 0 Å². The zero-order chi connectivity index (χ0) is 33.9. The Morgan fingerprint density at radius 3 is 2.52 bits per heavy atom. The van der Waals surface area contributed by atoms with E-state index in [2.05, 4.69) is 18.1 Å². The highest BCUT2D eigenvalue weighted by Crippen LogP contribution is 2.40. The van der Waals surface area contributed by atoms with E-state index in [9.17, 15) is 13.2 Å². The van der Waals surface area contributed by atoms with Gasteiger partial charge < -0.3 is 14.0 Å². The maximum absolute atomic E-state index is 14.4. The summed E-state index contributed by atoms with van der Waals surface area (Å²) in [5.74, 6) is 2.32. The Labute approximate surface area is 284 Å². The molecule has 2 heterocycles. The number of nitrogens with zero attached hydrogens (tertiary/aromatic N) is 4. The molecule has 2 saturated carbocycles. The normalized spacial score (nSPS) is 17.7. The van der Waals surface area contributed by atoms with Gasteiger partial charge in [-0.25, -0.2) is 12.7 Å². The van der Waals surface area contributed by atoms with Gasteiger partial charge in [-0.15, -0.1) is 0 Å². The number of carbonyl (C=O) groups is 1. The molecule has 258 valence electrons. The van der Waals surface area contributed by atoms with E-state index in [1.807, 2.05) is 29.2 Å². The van der Waals surface area contributed by atoms with Gasteiger partial charge in [0.15, 0.2) is 5.82 Å². The summed E-state index contributed by atoms with van der Waals surface area (Å²) in [4.78, 5) is 21.1. The van der Waals surface area contributed by atoms with Crippen molar-refractivity contribution in [1.29, 1.82) is 0 Å². The van der Waals surface area contributed by atoms with E-state index in [0.717, 1.165) is 78.2 Å². The van der Waals surface area contributed by atoms with Gasteiger partial charge in [0.1, 0.15) is 23.9 Å². The lowest BCUT2D eigenvalue weighted by Gasteiger charge is -2.30. The van der Waals surface area contributed by atoms with Gasteiger partial charge in [-0.05, 0) is 74.6 Å². The minimum absolute atomic E-state index is 0.122. The van der Waals surface area contributed by atoms with Crippen LogP contribution in [0.5, 0.6) is 0 Å². The molecule has 3 aliphatic rings. The Bertz CT molecular complexity index is 1760. The molecule has 1 spiro atoms. The second kappa shape index (κ2) is 14.5. The number of aryl methyl sites for hydroxylation is 1. The van der Waals surface area contributed by atoms with Crippen LogP contribution in [-0.4, -0.2) is 56.2 Å². The molecule has 48 heavy (non-hydrogen) atoms. The van der Waals surface area contributed by atoms with Crippen molar-refractivity contribution in [3.63, 3.8) is 0 Å². The van der Waals surface area contributed by atoms with Gasteiger partial charge >= 0.3 is 0 Å². The molecule has 0 bridgehead atoms. The summed E-state index contributed by atoms with van der Waals surface area (Å²) < 4.78 is 46.8. The maximum Gasteiger partial charge on any atom is 0.268 e. The largest absolute Gasteiger partial charge is 0.376 e. The minimum atomic E-state index is -4.14. The predicted molar refractivity (Wildman–Crippen MR) is 185 cm³/mol. The zero-order valence-corrected chi connectivity index (χ0v) is 29.5. The third kappa shape index (κ3) is 6.95. The summed E-state index contributed by atoms with van der Waals surface area (Å²) in [5, 5.41) is 4.06. The van der Waals surface area contributed by atoms with Crippen LogP contribution in [0, 0.1) is 19.8 Å². The number of amidine groups is 1. The first-order chi connectivity index (χ1) is 23.2. The van der Waals surface area contributed by atoms with Gasteiger partial charge in [0.25, 0.3) is 15.9 Å². The third-order valence-electron chi connectivity index (χ3n) is 9.91. The van der Waals surface area contributed by atoms with E-state index in [4.69, 9.17) is 19.0 Å². The number of benzene rings is 2. The lowest BCUT2D eigenvalue weighted by atomic mass is 9.82. The number of aliphatic imine (C=N–C) groups is 1. The second-order valence-electron chi connectivity index (χ2n) is 13.5. The Morgan fingerprint density at radius 1 is 1.06 bits per heavy atom. The Morgan fingerprint density at radius 2 is 1.83 bits per heavy atom. The Hall–Kier alpha value is -3.54. The van der Waals surface area contributed by atoms with Crippen LogP contribution in [0.15, 0.2) is 56.9 Å². The molecule has 3 aromatic rings. The number of aromatic nitrogens is 1. The highest BCUT2D eigenvalue weighted by atomic mass is 32.2. The first-order valence-corrected chi connectivity index (χ1v) is 18.8. The molecule has 11 heteroatoms. The first-order valence-electron chi connectivity index (χ1n) is 17.3. The fourth-order valence-electron chi connectivity index (χ4n) is 6.84. The highest BCUT2D eigenvalue weighted by molar-refractivity contribution is 7.93. The molecule has 0 saturated heterocycles. The van der Waals surface area contributed by atoms with Crippen molar-refractivity contribution < 1.29 is 27.2 Å². The fraction of sp³-hybridized carbons (Fsp3) is 0.541. The molecule has 0 radical (unpaired) electrons. The van der Waals surface area contributed by atoms with Crippen molar-refractivity contribution in [2.45, 2.75) is 109 Å². The smallest absolute Gasteiger partial charge is 0.268 e.